The van der Waals surface area contributed by atoms with Crippen molar-refractivity contribution in [1.82, 2.24) is 14.5 Å². The number of fused-ring (bicyclic) bond motifs is 1. The van der Waals surface area contributed by atoms with Crippen molar-refractivity contribution in [3.63, 3.8) is 0 Å². The highest BCUT2D eigenvalue weighted by Crippen LogP contribution is 2.38. The SMILES string of the molecule is CCc1cc2c(cc1F)c(C#N)c(C1=CC=CCN1C(C)(C)C)n2-c1ccccn1. The third-order valence-electron chi connectivity index (χ3n) is 5.53. The Balaban J connectivity index is 2.15. The maximum atomic E-state index is 14.7. The molecule has 1 aromatic carbocycles. The molecule has 4 rings (SSSR count). The molecule has 0 radical (unpaired) electrons. The molecule has 2 aromatic heterocycles. The lowest BCUT2D eigenvalue weighted by Crippen LogP contribution is -2.41. The summed E-state index contributed by atoms with van der Waals surface area (Å²) in [4.78, 5) is 6.83. The summed E-state index contributed by atoms with van der Waals surface area (Å²) in [5.41, 5.74) is 3.41. The number of hydrogen-bond donors (Lipinski definition) is 0. The van der Waals surface area contributed by atoms with E-state index in [1.165, 1.54) is 6.07 Å². The largest absolute Gasteiger partial charge is 0.361 e. The van der Waals surface area contributed by atoms with Crippen molar-refractivity contribution in [2.45, 2.75) is 39.7 Å². The predicted molar refractivity (Wildman–Crippen MR) is 119 cm³/mol. The minimum absolute atomic E-state index is 0.158. The molecule has 0 saturated carbocycles. The minimum Gasteiger partial charge on any atom is -0.361 e. The van der Waals surface area contributed by atoms with Gasteiger partial charge in [0.1, 0.15) is 17.7 Å². The van der Waals surface area contributed by atoms with E-state index in [1.54, 1.807) is 6.20 Å². The average molecular weight is 401 g/mol. The fourth-order valence-electron chi connectivity index (χ4n) is 4.06. The van der Waals surface area contributed by atoms with E-state index in [0.717, 1.165) is 23.5 Å². The Hall–Kier alpha value is -3.39. The standard InChI is InChI=1S/C25H25FN4/c1-5-17-14-22-18(15-20(17)26)19(16-27)24(30(22)23-11-6-8-12-28-23)21-10-7-9-13-29(21)25(2,3)4/h6-12,14-15H,5,13H2,1-4H3. The Kier molecular flexibility index (Phi) is 4.95. The summed E-state index contributed by atoms with van der Waals surface area (Å²) >= 11 is 0. The van der Waals surface area contributed by atoms with E-state index in [-0.39, 0.29) is 11.4 Å². The molecule has 1 aliphatic rings. The first-order chi connectivity index (χ1) is 14.4. The molecule has 0 atom stereocenters. The van der Waals surface area contributed by atoms with E-state index < -0.39 is 0 Å². The van der Waals surface area contributed by atoms with E-state index >= 15 is 0 Å². The molecule has 3 heterocycles. The van der Waals surface area contributed by atoms with E-state index in [2.05, 4.69) is 42.8 Å². The highest BCUT2D eigenvalue weighted by atomic mass is 19.1. The van der Waals surface area contributed by atoms with Crippen LogP contribution in [0.2, 0.25) is 0 Å². The maximum Gasteiger partial charge on any atom is 0.137 e. The van der Waals surface area contributed by atoms with Crippen LogP contribution in [0, 0.1) is 17.1 Å². The molecular formula is C25H25FN4. The van der Waals surface area contributed by atoms with Crippen molar-refractivity contribution in [1.29, 1.82) is 5.26 Å². The lowest BCUT2D eigenvalue weighted by atomic mass is 9.99. The van der Waals surface area contributed by atoms with Gasteiger partial charge in [-0.1, -0.05) is 25.1 Å². The molecule has 0 N–H and O–H groups in total. The predicted octanol–water partition coefficient (Wildman–Crippen LogP) is 5.61. The molecule has 0 aliphatic carbocycles. The molecule has 0 amide bonds. The molecule has 0 unspecified atom stereocenters. The van der Waals surface area contributed by atoms with Crippen LogP contribution in [-0.4, -0.2) is 26.5 Å². The van der Waals surface area contributed by atoms with Crippen molar-refractivity contribution in [3.8, 4) is 11.9 Å². The Morgan fingerprint density at radius 3 is 2.67 bits per heavy atom. The molecule has 5 heteroatoms. The number of halogens is 1. The number of rotatable bonds is 3. The summed E-state index contributed by atoms with van der Waals surface area (Å²) in [5, 5.41) is 10.8. The highest BCUT2D eigenvalue weighted by molar-refractivity contribution is 5.95. The third-order valence-corrected chi connectivity index (χ3v) is 5.53. The van der Waals surface area contributed by atoms with Gasteiger partial charge in [0.2, 0.25) is 0 Å². The van der Waals surface area contributed by atoms with Gasteiger partial charge < -0.3 is 4.90 Å². The van der Waals surface area contributed by atoms with Crippen LogP contribution < -0.4 is 0 Å². The van der Waals surface area contributed by atoms with Crippen molar-refractivity contribution in [2.75, 3.05) is 6.54 Å². The van der Waals surface area contributed by atoms with Gasteiger partial charge in [0, 0.05) is 23.7 Å². The monoisotopic (exact) mass is 400 g/mol. The Morgan fingerprint density at radius 1 is 1.23 bits per heavy atom. The summed E-state index contributed by atoms with van der Waals surface area (Å²) in [6.45, 7) is 9.11. The topological polar surface area (TPSA) is 44.9 Å². The summed E-state index contributed by atoms with van der Waals surface area (Å²) in [7, 11) is 0. The molecular weight excluding hydrogens is 375 g/mol. The third kappa shape index (κ3) is 3.19. The minimum atomic E-state index is -0.281. The summed E-state index contributed by atoms with van der Waals surface area (Å²) in [6, 6.07) is 11.4. The number of aryl methyl sites for hydroxylation is 1. The molecule has 1 aliphatic heterocycles. The number of benzene rings is 1. The molecule has 30 heavy (non-hydrogen) atoms. The highest BCUT2D eigenvalue weighted by Gasteiger charge is 2.31. The van der Waals surface area contributed by atoms with Crippen molar-refractivity contribution >= 4 is 16.6 Å². The summed E-state index contributed by atoms with van der Waals surface area (Å²) < 4.78 is 16.7. The number of aromatic nitrogens is 2. The van der Waals surface area contributed by atoms with Crippen LogP contribution in [0.3, 0.4) is 0 Å². The van der Waals surface area contributed by atoms with Crippen LogP contribution in [0.25, 0.3) is 22.4 Å². The number of allylic oxidation sites excluding steroid dienone is 2. The zero-order chi connectivity index (χ0) is 21.5. The van der Waals surface area contributed by atoms with E-state index in [4.69, 9.17) is 0 Å². The first kappa shape index (κ1) is 19.9. The van der Waals surface area contributed by atoms with Gasteiger partial charge in [-0.05, 0) is 63.1 Å². The van der Waals surface area contributed by atoms with Crippen LogP contribution in [0.5, 0.6) is 0 Å². The molecule has 0 spiro atoms. The molecule has 3 aromatic rings. The van der Waals surface area contributed by atoms with E-state index in [0.29, 0.717) is 28.8 Å². The van der Waals surface area contributed by atoms with E-state index in [9.17, 15) is 9.65 Å². The van der Waals surface area contributed by atoms with Crippen molar-refractivity contribution in [3.05, 3.63) is 77.4 Å². The fraction of sp³-hybridized carbons (Fsp3) is 0.280. The Morgan fingerprint density at radius 2 is 2.03 bits per heavy atom. The Labute approximate surface area is 176 Å². The molecule has 0 fully saturated rings. The molecule has 0 saturated heterocycles. The van der Waals surface area contributed by atoms with Gasteiger partial charge in [-0.2, -0.15) is 5.26 Å². The van der Waals surface area contributed by atoms with Gasteiger partial charge >= 0.3 is 0 Å². The van der Waals surface area contributed by atoms with Gasteiger partial charge in [0.15, 0.2) is 0 Å². The maximum absolute atomic E-state index is 14.7. The number of hydrogen-bond acceptors (Lipinski definition) is 3. The lowest BCUT2D eigenvalue weighted by molar-refractivity contribution is 0.239. The second kappa shape index (κ2) is 7.46. The van der Waals surface area contributed by atoms with E-state index in [1.807, 2.05) is 47.9 Å². The molecule has 152 valence electrons. The van der Waals surface area contributed by atoms with Gasteiger partial charge in [-0.25, -0.2) is 9.37 Å². The molecule has 0 bridgehead atoms. The number of pyridine rings is 1. The second-order valence-electron chi connectivity index (χ2n) is 8.43. The van der Waals surface area contributed by atoms with Crippen LogP contribution in [0.4, 0.5) is 4.39 Å². The van der Waals surface area contributed by atoms with Crippen LogP contribution in [0.1, 0.15) is 44.5 Å². The number of nitriles is 1. The fourth-order valence-corrected chi connectivity index (χ4v) is 4.06. The smallest absolute Gasteiger partial charge is 0.137 e. The van der Waals surface area contributed by atoms with Crippen LogP contribution in [-0.2, 0) is 6.42 Å². The number of nitrogens with zero attached hydrogens (tertiary/aromatic N) is 4. The zero-order valence-corrected chi connectivity index (χ0v) is 17.8. The van der Waals surface area contributed by atoms with Gasteiger partial charge in [-0.3, -0.25) is 4.57 Å². The van der Waals surface area contributed by atoms with Crippen molar-refractivity contribution in [2.24, 2.45) is 0 Å². The van der Waals surface area contributed by atoms with Gasteiger partial charge in [0.05, 0.1) is 22.5 Å². The first-order valence-electron chi connectivity index (χ1n) is 10.2. The van der Waals surface area contributed by atoms with Crippen molar-refractivity contribution < 1.29 is 4.39 Å². The average Bonchev–Trinajstić information content (AvgIpc) is 3.06. The quantitative estimate of drug-likeness (QED) is 0.574. The van der Waals surface area contributed by atoms with Crippen LogP contribution in [0.15, 0.2) is 54.8 Å². The van der Waals surface area contributed by atoms with Gasteiger partial charge in [-0.15, -0.1) is 0 Å². The summed E-state index contributed by atoms with van der Waals surface area (Å²) in [5.74, 6) is 0.424. The van der Waals surface area contributed by atoms with Gasteiger partial charge in [0.25, 0.3) is 0 Å². The second-order valence-corrected chi connectivity index (χ2v) is 8.43. The first-order valence-corrected chi connectivity index (χ1v) is 10.2. The van der Waals surface area contributed by atoms with Crippen LogP contribution >= 0.6 is 0 Å². The summed E-state index contributed by atoms with van der Waals surface area (Å²) in [6.07, 6.45) is 8.45. The normalized spacial score (nSPS) is 14.1. The lowest BCUT2D eigenvalue weighted by Gasteiger charge is -2.40. The molecule has 4 nitrogen and oxygen atoms in total. The zero-order valence-electron chi connectivity index (χ0n) is 17.8. The Bertz CT molecular complexity index is 1200.